The number of nitrogens with one attached hydrogen (secondary N) is 1. The van der Waals surface area contributed by atoms with E-state index in [-0.39, 0.29) is 17.5 Å². The summed E-state index contributed by atoms with van der Waals surface area (Å²) in [6, 6.07) is -0.293. The molecule has 0 saturated heterocycles. The molecule has 0 heterocycles. The Morgan fingerprint density at radius 1 is 1.60 bits per heavy atom. The van der Waals surface area contributed by atoms with Crippen molar-refractivity contribution in [1.82, 2.24) is 5.32 Å². The third-order valence-electron chi connectivity index (χ3n) is 3.98. The molecule has 0 radical (unpaired) electrons. The Morgan fingerprint density at radius 2 is 2.33 bits per heavy atom. The summed E-state index contributed by atoms with van der Waals surface area (Å²) in [5.41, 5.74) is 6.00. The standard InChI is InChI=1S/C12H22N2O/c1-2-3-4-10(13)11(15)14-12-6-5-9(7-12)8-12/h9-10H,2-8,13H2,1H3,(H,14,15). The number of hydrogen-bond donors (Lipinski definition) is 2. The predicted molar refractivity (Wildman–Crippen MR) is 60.3 cm³/mol. The van der Waals surface area contributed by atoms with Crippen molar-refractivity contribution < 1.29 is 4.79 Å². The lowest BCUT2D eigenvalue weighted by molar-refractivity contribution is -0.125. The number of rotatable bonds is 5. The van der Waals surface area contributed by atoms with Crippen LogP contribution >= 0.6 is 0 Å². The summed E-state index contributed by atoms with van der Waals surface area (Å²) in [7, 11) is 0. The molecule has 1 atom stereocenters. The third-order valence-corrected chi connectivity index (χ3v) is 3.98. The molecular formula is C12H22N2O. The molecule has 3 aliphatic carbocycles. The van der Waals surface area contributed by atoms with Gasteiger partial charge >= 0.3 is 0 Å². The van der Waals surface area contributed by atoms with E-state index in [4.69, 9.17) is 5.73 Å². The van der Waals surface area contributed by atoms with E-state index in [2.05, 4.69) is 12.2 Å². The highest BCUT2D eigenvalue weighted by atomic mass is 16.2. The van der Waals surface area contributed by atoms with E-state index in [0.29, 0.717) is 0 Å². The maximum atomic E-state index is 11.8. The van der Waals surface area contributed by atoms with Gasteiger partial charge in [-0.3, -0.25) is 4.79 Å². The predicted octanol–water partition coefficient (Wildman–Crippen LogP) is 1.56. The average Bonchev–Trinajstić information content (AvgIpc) is 2.72. The van der Waals surface area contributed by atoms with Crippen LogP contribution < -0.4 is 11.1 Å². The smallest absolute Gasteiger partial charge is 0.237 e. The van der Waals surface area contributed by atoms with Crippen LogP contribution in [0.5, 0.6) is 0 Å². The fourth-order valence-corrected chi connectivity index (χ4v) is 3.01. The van der Waals surface area contributed by atoms with E-state index in [9.17, 15) is 4.79 Å². The van der Waals surface area contributed by atoms with E-state index in [0.717, 1.165) is 25.2 Å². The first-order valence-electron chi connectivity index (χ1n) is 6.23. The average molecular weight is 210 g/mol. The van der Waals surface area contributed by atoms with E-state index in [1.54, 1.807) is 0 Å². The molecule has 0 aliphatic heterocycles. The van der Waals surface area contributed by atoms with Gasteiger partial charge in [0.2, 0.25) is 5.91 Å². The van der Waals surface area contributed by atoms with Crippen molar-refractivity contribution >= 4 is 5.91 Å². The van der Waals surface area contributed by atoms with E-state index in [1.165, 1.54) is 25.7 Å². The molecule has 0 aromatic rings. The van der Waals surface area contributed by atoms with Crippen molar-refractivity contribution in [3.05, 3.63) is 0 Å². The van der Waals surface area contributed by atoms with E-state index in [1.807, 2.05) is 0 Å². The van der Waals surface area contributed by atoms with Gasteiger partial charge in [-0.1, -0.05) is 19.8 Å². The molecule has 3 heteroatoms. The van der Waals surface area contributed by atoms with Crippen LogP contribution in [0.2, 0.25) is 0 Å². The largest absolute Gasteiger partial charge is 0.349 e. The number of hydrogen-bond acceptors (Lipinski definition) is 2. The molecule has 3 N–H and O–H groups in total. The lowest BCUT2D eigenvalue weighted by Gasteiger charge is -2.39. The van der Waals surface area contributed by atoms with Crippen molar-refractivity contribution in [2.24, 2.45) is 11.7 Å². The summed E-state index contributed by atoms with van der Waals surface area (Å²) in [5.74, 6) is 0.959. The van der Waals surface area contributed by atoms with Crippen LogP contribution in [0, 0.1) is 5.92 Å². The van der Waals surface area contributed by atoms with Gasteiger partial charge in [-0.25, -0.2) is 0 Å². The Morgan fingerprint density at radius 3 is 2.87 bits per heavy atom. The number of amides is 1. The second-order valence-corrected chi connectivity index (χ2v) is 5.33. The summed E-state index contributed by atoms with van der Waals surface area (Å²) in [6.45, 7) is 2.12. The molecule has 0 spiro atoms. The molecule has 2 bridgehead atoms. The lowest BCUT2D eigenvalue weighted by atomic mass is 9.77. The fraction of sp³-hybridized carbons (Fsp3) is 0.917. The highest BCUT2D eigenvalue weighted by Crippen LogP contribution is 2.51. The van der Waals surface area contributed by atoms with Crippen LogP contribution in [0.3, 0.4) is 0 Å². The number of nitrogens with two attached hydrogens (primary N) is 1. The van der Waals surface area contributed by atoms with Crippen LogP contribution in [0.15, 0.2) is 0 Å². The van der Waals surface area contributed by atoms with Gasteiger partial charge in [0.25, 0.3) is 0 Å². The summed E-state index contributed by atoms with van der Waals surface area (Å²) in [6.07, 6.45) is 7.83. The molecule has 0 aromatic heterocycles. The molecule has 0 aromatic carbocycles. The Bertz CT molecular complexity index is 240. The second kappa shape index (κ2) is 4.12. The minimum Gasteiger partial charge on any atom is -0.349 e. The minimum atomic E-state index is -0.293. The van der Waals surface area contributed by atoms with Gasteiger partial charge < -0.3 is 11.1 Å². The monoisotopic (exact) mass is 210 g/mol. The summed E-state index contributed by atoms with van der Waals surface area (Å²) < 4.78 is 0. The first-order valence-corrected chi connectivity index (χ1v) is 6.23. The molecular weight excluding hydrogens is 188 g/mol. The van der Waals surface area contributed by atoms with E-state index < -0.39 is 0 Å². The number of carbonyl (C=O) groups excluding carboxylic acids is 1. The molecule has 15 heavy (non-hydrogen) atoms. The van der Waals surface area contributed by atoms with Crippen LogP contribution in [0.25, 0.3) is 0 Å². The first kappa shape index (κ1) is 10.9. The maximum Gasteiger partial charge on any atom is 0.237 e. The Balaban J connectivity index is 1.76. The maximum absolute atomic E-state index is 11.8. The topological polar surface area (TPSA) is 55.1 Å². The van der Waals surface area contributed by atoms with E-state index >= 15 is 0 Å². The normalized spacial score (nSPS) is 34.7. The van der Waals surface area contributed by atoms with Crippen LogP contribution in [-0.4, -0.2) is 17.5 Å². The highest BCUT2D eigenvalue weighted by Gasteiger charge is 2.51. The van der Waals surface area contributed by atoms with Crippen LogP contribution in [-0.2, 0) is 4.79 Å². The van der Waals surface area contributed by atoms with Crippen LogP contribution in [0.1, 0.15) is 51.9 Å². The van der Waals surface area contributed by atoms with Crippen molar-refractivity contribution in [3.63, 3.8) is 0 Å². The summed E-state index contributed by atoms with van der Waals surface area (Å²) in [5, 5.41) is 3.17. The van der Waals surface area contributed by atoms with Crippen molar-refractivity contribution in [3.8, 4) is 0 Å². The van der Waals surface area contributed by atoms with Gasteiger partial charge in [-0.15, -0.1) is 0 Å². The van der Waals surface area contributed by atoms with Crippen molar-refractivity contribution in [1.29, 1.82) is 0 Å². The van der Waals surface area contributed by atoms with Gasteiger partial charge in [-0.05, 0) is 38.0 Å². The number of carbonyl (C=O) groups is 1. The Kier molecular flexibility index (Phi) is 3.01. The molecule has 3 saturated carbocycles. The molecule has 1 amide bonds. The first-order chi connectivity index (χ1) is 7.15. The third kappa shape index (κ3) is 2.17. The Labute approximate surface area is 91.8 Å². The fourth-order valence-electron chi connectivity index (χ4n) is 3.01. The summed E-state index contributed by atoms with van der Waals surface area (Å²) in [4.78, 5) is 11.8. The lowest BCUT2D eigenvalue weighted by Crippen LogP contribution is -2.56. The zero-order valence-electron chi connectivity index (χ0n) is 9.59. The number of fused-ring (bicyclic) bond motifs is 1. The zero-order valence-corrected chi connectivity index (χ0v) is 9.59. The molecule has 86 valence electrons. The minimum absolute atomic E-state index is 0.0730. The van der Waals surface area contributed by atoms with Gasteiger partial charge in [0.1, 0.15) is 0 Å². The molecule has 3 fully saturated rings. The van der Waals surface area contributed by atoms with Gasteiger partial charge in [-0.2, -0.15) is 0 Å². The molecule has 3 nitrogen and oxygen atoms in total. The summed E-state index contributed by atoms with van der Waals surface area (Å²) >= 11 is 0. The van der Waals surface area contributed by atoms with Gasteiger partial charge in [0.05, 0.1) is 6.04 Å². The van der Waals surface area contributed by atoms with Gasteiger partial charge in [0, 0.05) is 5.54 Å². The van der Waals surface area contributed by atoms with Crippen LogP contribution in [0.4, 0.5) is 0 Å². The molecule has 3 aliphatic rings. The number of unbranched alkanes of at least 4 members (excludes halogenated alkanes) is 1. The van der Waals surface area contributed by atoms with Crippen molar-refractivity contribution in [2.75, 3.05) is 0 Å². The second-order valence-electron chi connectivity index (χ2n) is 5.33. The molecule has 3 rings (SSSR count). The quantitative estimate of drug-likeness (QED) is 0.723. The highest BCUT2D eigenvalue weighted by molar-refractivity contribution is 5.82. The molecule has 1 unspecified atom stereocenters. The SMILES string of the molecule is CCCCC(N)C(=O)NC12CCC(C1)C2. The zero-order chi connectivity index (χ0) is 10.9. The van der Waals surface area contributed by atoms with Gasteiger partial charge in [0.15, 0.2) is 0 Å². The Hall–Kier alpha value is -0.570. The van der Waals surface area contributed by atoms with Crippen molar-refractivity contribution in [2.45, 2.75) is 63.5 Å².